The van der Waals surface area contributed by atoms with Crippen LogP contribution in [0.1, 0.15) is 30.9 Å². The molecule has 0 aliphatic carbocycles. The monoisotopic (exact) mass is 570 g/mol. The molecule has 2 aromatic carbocycles. The first-order valence-corrected chi connectivity index (χ1v) is 13.0. The number of amides is 1. The van der Waals surface area contributed by atoms with Gasteiger partial charge in [0.2, 0.25) is 5.91 Å². The summed E-state index contributed by atoms with van der Waals surface area (Å²) in [5.41, 5.74) is 1.60. The number of hydrogen-bond donors (Lipinski definition) is 1. The van der Waals surface area contributed by atoms with Crippen LogP contribution in [0.15, 0.2) is 84.4 Å². The average Bonchev–Trinajstić information content (AvgIpc) is 3.44. The summed E-state index contributed by atoms with van der Waals surface area (Å²) >= 11 is 0. The molecular weight excluding hydrogens is 536 g/mol. The van der Waals surface area contributed by atoms with E-state index in [2.05, 4.69) is 22.9 Å². The molecule has 0 spiro atoms. The van der Waals surface area contributed by atoms with Gasteiger partial charge in [0, 0.05) is 12.2 Å². The van der Waals surface area contributed by atoms with Gasteiger partial charge in [-0.2, -0.15) is 18.4 Å². The molecule has 3 rings (SSSR count). The Morgan fingerprint density at radius 3 is 2.34 bits per heavy atom. The lowest BCUT2D eigenvalue weighted by molar-refractivity contribution is -0.121. The minimum Gasteiger partial charge on any atom is -0.325 e. The fourth-order valence-corrected chi connectivity index (χ4v) is 4.13. The maximum absolute atomic E-state index is 13.3. The molecule has 0 bridgehead atoms. The zero-order valence-electron chi connectivity index (χ0n) is 23.2. The molecule has 1 heterocycles. The van der Waals surface area contributed by atoms with E-state index in [1.165, 1.54) is 12.8 Å². The fourth-order valence-electron chi connectivity index (χ4n) is 4.13. The van der Waals surface area contributed by atoms with Gasteiger partial charge in [0.15, 0.2) is 0 Å². The number of allylic oxidation sites excluding steroid dienone is 4. The second-order valence-electron chi connectivity index (χ2n) is 9.53. The van der Waals surface area contributed by atoms with Crippen molar-refractivity contribution < 1.29 is 27.2 Å². The number of hydrogen-bond acceptors (Lipinski definition) is 5. The minimum absolute atomic E-state index is 0.100. The van der Waals surface area contributed by atoms with Crippen LogP contribution in [0, 0.1) is 11.3 Å². The van der Waals surface area contributed by atoms with Crippen molar-refractivity contribution >= 4 is 12.2 Å². The van der Waals surface area contributed by atoms with Crippen molar-refractivity contribution in [1.29, 1.82) is 5.26 Å². The molecule has 0 aromatic heterocycles. The number of likely N-dealkylation sites (tertiary alicyclic amines) is 1. The van der Waals surface area contributed by atoms with Crippen LogP contribution in [0.5, 0.6) is 0 Å². The highest BCUT2D eigenvalue weighted by Gasteiger charge is 2.34. The van der Waals surface area contributed by atoms with Crippen LogP contribution in [0.25, 0.3) is 11.1 Å². The molecule has 6 nitrogen and oxygen atoms in total. The number of likely N-dealkylation sites (N-methyl/N-ethyl adjacent to an activating group) is 1. The number of halogens is 4. The lowest BCUT2D eigenvalue weighted by Crippen LogP contribution is -2.34. The molecule has 0 saturated carbocycles. The predicted octanol–water partition coefficient (Wildman–Crippen LogP) is 5.93. The van der Waals surface area contributed by atoms with Gasteiger partial charge in [0.1, 0.15) is 12.1 Å². The second kappa shape index (κ2) is 16.3. The Hall–Kier alpha value is -4.07. The summed E-state index contributed by atoms with van der Waals surface area (Å²) in [7, 11) is 1.69. The van der Waals surface area contributed by atoms with Gasteiger partial charge in [-0.25, -0.2) is 4.39 Å². The Morgan fingerprint density at radius 2 is 1.80 bits per heavy atom. The van der Waals surface area contributed by atoms with E-state index in [0.717, 1.165) is 42.1 Å². The number of benzene rings is 2. The van der Waals surface area contributed by atoms with Gasteiger partial charge < -0.3 is 10.1 Å². The molecule has 1 fully saturated rings. The summed E-state index contributed by atoms with van der Waals surface area (Å²) in [6.07, 6.45) is 0.163. The van der Waals surface area contributed by atoms with Crippen LogP contribution in [-0.4, -0.2) is 61.4 Å². The molecule has 0 unspecified atom stereocenters. The summed E-state index contributed by atoms with van der Waals surface area (Å²) in [4.78, 5) is 26.0. The molecule has 218 valence electrons. The quantitative estimate of drug-likeness (QED) is 0.218. The SMILES string of the molecule is C=C/C(=C\C(=C(/C)F)C(F)(F)F)NC(=O)CN(C)Cc1ccc(-c2cccc(C#N)c2)cc1.O=CCN1CCCC1. The van der Waals surface area contributed by atoms with Crippen LogP contribution in [0.4, 0.5) is 17.6 Å². The molecule has 1 N–H and O–H groups in total. The molecule has 1 aliphatic rings. The molecule has 0 radical (unpaired) electrons. The zero-order valence-corrected chi connectivity index (χ0v) is 23.2. The van der Waals surface area contributed by atoms with E-state index in [4.69, 9.17) is 5.26 Å². The average molecular weight is 571 g/mol. The van der Waals surface area contributed by atoms with E-state index in [1.807, 2.05) is 36.4 Å². The van der Waals surface area contributed by atoms with Gasteiger partial charge in [-0.1, -0.05) is 43.0 Å². The third-order valence-electron chi connectivity index (χ3n) is 6.16. The van der Waals surface area contributed by atoms with E-state index in [-0.39, 0.29) is 12.2 Å². The highest BCUT2D eigenvalue weighted by molar-refractivity contribution is 5.80. The Balaban J connectivity index is 0.000000629. The molecule has 41 heavy (non-hydrogen) atoms. The largest absolute Gasteiger partial charge is 0.418 e. The number of alkyl halides is 3. The topological polar surface area (TPSA) is 76.4 Å². The maximum atomic E-state index is 13.3. The summed E-state index contributed by atoms with van der Waals surface area (Å²) in [5, 5.41) is 11.3. The van der Waals surface area contributed by atoms with Gasteiger partial charge >= 0.3 is 6.18 Å². The molecule has 2 aromatic rings. The summed E-state index contributed by atoms with van der Waals surface area (Å²) < 4.78 is 52.0. The van der Waals surface area contributed by atoms with Gasteiger partial charge in [0.25, 0.3) is 0 Å². The van der Waals surface area contributed by atoms with Crippen LogP contribution in [-0.2, 0) is 16.1 Å². The third kappa shape index (κ3) is 11.5. The highest BCUT2D eigenvalue weighted by atomic mass is 19.4. The molecule has 1 amide bonds. The Kier molecular flexibility index (Phi) is 13.1. The molecule has 0 atom stereocenters. The van der Waals surface area contributed by atoms with Gasteiger partial charge in [-0.3, -0.25) is 14.6 Å². The van der Waals surface area contributed by atoms with Crippen LogP contribution in [0.3, 0.4) is 0 Å². The lowest BCUT2D eigenvalue weighted by Gasteiger charge is -2.17. The second-order valence-corrected chi connectivity index (χ2v) is 9.53. The van der Waals surface area contributed by atoms with E-state index >= 15 is 0 Å². The number of carbonyl (C=O) groups excluding carboxylic acids is 2. The molecule has 1 saturated heterocycles. The van der Waals surface area contributed by atoms with Crippen molar-refractivity contribution in [3.05, 3.63) is 95.5 Å². The van der Waals surface area contributed by atoms with Gasteiger partial charge in [-0.15, -0.1) is 0 Å². The minimum atomic E-state index is -4.89. The highest BCUT2D eigenvalue weighted by Crippen LogP contribution is 2.30. The van der Waals surface area contributed by atoms with E-state index in [9.17, 15) is 27.2 Å². The van der Waals surface area contributed by atoms with Crippen LogP contribution in [0.2, 0.25) is 0 Å². The van der Waals surface area contributed by atoms with Crippen molar-refractivity contribution in [1.82, 2.24) is 15.1 Å². The number of aldehydes is 1. The van der Waals surface area contributed by atoms with E-state index in [0.29, 0.717) is 31.7 Å². The number of rotatable bonds is 10. The fraction of sp³-hybridized carbons (Fsp3) is 0.323. The Labute approximate surface area is 238 Å². The van der Waals surface area contributed by atoms with Crippen molar-refractivity contribution in [3.8, 4) is 17.2 Å². The van der Waals surface area contributed by atoms with Crippen molar-refractivity contribution in [2.75, 3.05) is 33.2 Å². The van der Waals surface area contributed by atoms with Gasteiger partial charge in [0.05, 0.1) is 30.3 Å². The molecule has 1 aliphatic heterocycles. The summed E-state index contributed by atoms with van der Waals surface area (Å²) in [5.74, 6) is -1.97. The Bertz CT molecular complexity index is 1280. The normalized spacial score (nSPS) is 14.4. The Morgan fingerprint density at radius 1 is 1.15 bits per heavy atom. The maximum Gasteiger partial charge on any atom is 0.418 e. The molecular formula is C31H34F4N4O2. The number of carbonyl (C=O) groups is 2. The molecule has 10 heteroatoms. The van der Waals surface area contributed by atoms with Gasteiger partial charge in [-0.05, 0) is 80.9 Å². The van der Waals surface area contributed by atoms with E-state index < -0.39 is 23.5 Å². The first-order chi connectivity index (χ1) is 19.5. The van der Waals surface area contributed by atoms with Crippen molar-refractivity contribution in [3.63, 3.8) is 0 Å². The smallest absolute Gasteiger partial charge is 0.325 e. The summed E-state index contributed by atoms with van der Waals surface area (Å²) in [6, 6.07) is 16.9. The van der Waals surface area contributed by atoms with Crippen LogP contribution >= 0.6 is 0 Å². The number of nitriles is 1. The third-order valence-corrected chi connectivity index (χ3v) is 6.16. The predicted molar refractivity (Wildman–Crippen MR) is 151 cm³/mol. The number of nitrogens with zero attached hydrogens (tertiary/aromatic N) is 3. The van der Waals surface area contributed by atoms with Crippen LogP contribution < -0.4 is 5.32 Å². The number of nitrogens with one attached hydrogen (secondary N) is 1. The lowest BCUT2D eigenvalue weighted by atomic mass is 10.0. The van der Waals surface area contributed by atoms with Crippen molar-refractivity contribution in [2.45, 2.75) is 32.5 Å². The summed E-state index contributed by atoms with van der Waals surface area (Å²) in [6.45, 7) is 7.27. The zero-order chi connectivity index (χ0) is 30.4. The van der Waals surface area contributed by atoms with Crippen molar-refractivity contribution in [2.24, 2.45) is 0 Å². The standard InChI is InChI=1S/C25H23F4N3O.C6H11NO/c1-4-22(13-23(17(2)26)25(27,28)29)31-24(33)16-32(3)15-18-8-10-20(11-9-18)21-7-5-6-19(12-21)14-30;8-6-5-7-3-1-2-4-7/h4-13H,1,15-16H2,2-3H3,(H,31,33);6H,1-5H2/b22-13+,23-17-;. The van der Waals surface area contributed by atoms with E-state index in [1.54, 1.807) is 24.1 Å². The first-order valence-electron chi connectivity index (χ1n) is 13.0. The first kappa shape index (κ1) is 33.1.